The van der Waals surface area contributed by atoms with Crippen LogP contribution in [0.3, 0.4) is 0 Å². The van der Waals surface area contributed by atoms with E-state index in [9.17, 15) is 4.79 Å². The molecule has 2 aromatic heterocycles. The van der Waals surface area contributed by atoms with E-state index in [1.165, 1.54) is 6.33 Å². The highest BCUT2D eigenvalue weighted by Crippen LogP contribution is 2.37. The number of nitrogens with zero attached hydrogens (tertiary/aromatic N) is 4. The van der Waals surface area contributed by atoms with Gasteiger partial charge in [-0.2, -0.15) is 5.10 Å². The second-order valence-corrected chi connectivity index (χ2v) is 8.56. The zero-order valence-corrected chi connectivity index (χ0v) is 20.3. The molecule has 1 aliphatic heterocycles. The topological polar surface area (TPSA) is 129 Å². The van der Waals surface area contributed by atoms with Crippen LogP contribution in [0.4, 0.5) is 11.5 Å². The Balaban J connectivity index is 1.47. The fourth-order valence-electron chi connectivity index (χ4n) is 4.51. The van der Waals surface area contributed by atoms with Gasteiger partial charge < -0.3 is 25.8 Å². The number of hydrogen-bond acceptors (Lipinski definition) is 8. The quantitative estimate of drug-likeness (QED) is 0.360. The Labute approximate surface area is 208 Å². The molecule has 0 radical (unpaired) electrons. The van der Waals surface area contributed by atoms with Crippen LogP contribution in [0.5, 0.6) is 11.5 Å². The minimum Gasteiger partial charge on any atom is -0.495 e. The van der Waals surface area contributed by atoms with Crippen molar-refractivity contribution in [2.24, 2.45) is 0 Å². The number of piperidine rings is 1. The van der Waals surface area contributed by atoms with Gasteiger partial charge in [-0.25, -0.2) is 14.6 Å². The van der Waals surface area contributed by atoms with E-state index in [0.29, 0.717) is 40.5 Å². The monoisotopic (exact) mass is 487 g/mol. The maximum Gasteiger partial charge on any atom is 0.255 e. The van der Waals surface area contributed by atoms with E-state index in [1.807, 2.05) is 23.7 Å². The molecule has 4 N–H and O–H groups in total. The van der Waals surface area contributed by atoms with Gasteiger partial charge in [0.15, 0.2) is 5.65 Å². The lowest BCUT2D eigenvalue weighted by Crippen LogP contribution is -2.30. The maximum atomic E-state index is 12.8. The van der Waals surface area contributed by atoms with Gasteiger partial charge in [0.2, 0.25) is 0 Å². The third-order valence-corrected chi connectivity index (χ3v) is 6.32. The summed E-state index contributed by atoms with van der Waals surface area (Å²) in [6.45, 7) is 4.34. The number of carbonyl (C=O) groups excluding carboxylic acids is 1. The van der Waals surface area contributed by atoms with E-state index in [-0.39, 0.29) is 11.9 Å². The number of aromatic nitrogens is 4. The SMILES string of the molecule is CCOc1ccc(C(=O)Nc2ccc(-c3nn(C4CCNCC4)c4ncnc(N)c34)cc2OC)cc1. The standard InChI is InChI=1S/C26H29N7O3/c1-3-36-19-7-4-16(5-8-19)26(34)31-20-9-6-17(14-21(20)35-2)23-22-24(27)29-15-30-25(22)33(32-23)18-10-12-28-13-11-18/h4-9,14-15,18,28H,3,10-13H2,1-2H3,(H,31,34)(H2,27,29,30). The van der Waals surface area contributed by atoms with E-state index in [2.05, 4.69) is 20.6 Å². The molecular weight excluding hydrogens is 458 g/mol. The van der Waals surface area contributed by atoms with Crippen LogP contribution in [-0.4, -0.2) is 52.5 Å². The van der Waals surface area contributed by atoms with Crippen LogP contribution in [0, 0.1) is 0 Å². The average molecular weight is 488 g/mol. The van der Waals surface area contributed by atoms with Crippen molar-refractivity contribution in [3.8, 4) is 22.8 Å². The second kappa shape index (κ2) is 10.2. The summed E-state index contributed by atoms with van der Waals surface area (Å²) in [4.78, 5) is 21.6. The van der Waals surface area contributed by atoms with Crippen molar-refractivity contribution < 1.29 is 14.3 Å². The van der Waals surface area contributed by atoms with Gasteiger partial charge in [-0.3, -0.25) is 4.79 Å². The summed E-state index contributed by atoms with van der Waals surface area (Å²) in [5, 5.41) is 12.0. The molecule has 1 fully saturated rings. The van der Waals surface area contributed by atoms with Crippen molar-refractivity contribution in [1.29, 1.82) is 0 Å². The molecule has 1 amide bonds. The van der Waals surface area contributed by atoms with Crippen LogP contribution in [0.1, 0.15) is 36.2 Å². The molecule has 0 spiro atoms. The van der Waals surface area contributed by atoms with Crippen LogP contribution in [-0.2, 0) is 0 Å². The first-order valence-corrected chi connectivity index (χ1v) is 12.0. The molecule has 10 heteroatoms. The van der Waals surface area contributed by atoms with Crippen molar-refractivity contribution in [3.63, 3.8) is 0 Å². The minimum atomic E-state index is -0.248. The van der Waals surface area contributed by atoms with E-state index >= 15 is 0 Å². The Bertz CT molecular complexity index is 1380. The molecule has 186 valence electrons. The molecule has 4 aromatic rings. The van der Waals surface area contributed by atoms with Gasteiger partial charge in [-0.15, -0.1) is 0 Å². The molecule has 3 heterocycles. The van der Waals surface area contributed by atoms with Crippen molar-refractivity contribution in [3.05, 3.63) is 54.4 Å². The summed E-state index contributed by atoms with van der Waals surface area (Å²) in [6, 6.07) is 12.8. The summed E-state index contributed by atoms with van der Waals surface area (Å²) in [5.41, 5.74) is 9.55. The number of methoxy groups -OCH3 is 1. The van der Waals surface area contributed by atoms with Crippen LogP contribution in [0.25, 0.3) is 22.3 Å². The highest BCUT2D eigenvalue weighted by atomic mass is 16.5. The largest absolute Gasteiger partial charge is 0.495 e. The maximum absolute atomic E-state index is 12.8. The smallest absolute Gasteiger partial charge is 0.255 e. The van der Waals surface area contributed by atoms with Gasteiger partial charge in [0.1, 0.15) is 29.3 Å². The molecule has 0 aliphatic carbocycles. The Morgan fingerprint density at radius 2 is 1.94 bits per heavy atom. The molecule has 1 aliphatic rings. The Kier molecular flexibility index (Phi) is 6.68. The first-order chi connectivity index (χ1) is 17.6. The number of nitrogens with two attached hydrogens (primary N) is 1. The van der Waals surface area contributed by atoms with Crippen molar-refractivity contribution in [2.75, 3.05) is 37.9 Å². The van der Waals surface area contributed by atoms with E-state index < -0.39 is 0 Å². The normalized spacial score (nSPS) is 14.1. The van der Waals surface area contributed by atoms with Gasteiger partial charge in [0.05, 0.1) is 30.8 Å². The third kappa shape index (κ3) is 4.55. The zero-order chi connectivity index (χ0) is 25.1. The number of anilines is 2. The van der Waals surface area contributed by atoms with Crippen molar-refractivity contribution in [2.45, 2.75) is 25.8 Å². The van der Waals surface area contributed by atoms with Crippen LogP contribution in [0.15, 0.2) is 48.8 Å². The van der Waals surface area contributed by atoms with Crippen LogP contribution >= 0.6 is 0 Å². The molecule has 1 saturated heterocycles. The number of nitrogens with one attached hydrogen (secondary N) is 2. The van der Waals surface area contributed by atoms with Gasteiger partial charge in [0.25, 0.3) is 5.91 Å². The van der Waals surface area contributed by atoms with Crippen LogP contribution in [0.2, 0.25) is 0 Å². The van der Waals surface area contributed by atoms with Crippen LogP contribution < -0.4 is 25.8 Å². The highest BCUT2D eigenvalue weighted by molar-refractivity contribution is 6.05. The fraction of sp³-hybridized carbons (Fsp3) is 0.308. The first kappa shape index (κ1) is 23.6. The lowest BCUT2D eigenvalue weighted by molar-refractivity contribution is 0.102. The summed E-state index contributed by atoms with van der Waals surface area (Å²) < 4.78 is 13.0. The van der Waals surface area contributed by atoms with Crippen molar-refractivity contribution in [1.82, 2.24) is 25.1 Å². The van der Waals surface area contributed by atoms with E-state index in [0.717, 1.165) is 42.9 Å². The van der Waals surface area contributed by atoms with Gasteiger partial charge in [-0.05, 0) is 69.3 Å². The van der Waals surface area contributed by atoms with Gasteiger partial charge in [0, 0.05) is 11.1 Å². The molecule has 2 aromatic carbocycles. The predicted octanol–water partition coefficient (Wildman–Crippen LogP) is 3.66. The predicted molar refractivity (Wildman–Crippen MR) is 138 cm³/mol. The van der Waals surface area contributed by atoms with E-state index in [1.54, 1.807) is 37.4 Å². The van der Waals surface area contributed by atoms with Gasteiger partial charge in [-0.1, -0.05) is 6.07 Å². The van der Waals surface area contributed by atoms with Gasteiger partial charge >= 0.3 is 0 Å². The third-order valence-electron chi connectivity index (χ3n) is 6.32. The number of fused-ring (bicyclic) bond motifs is 1. The van der Waals surface area contributed by atoms with Crippen molar-refractivity contribution >= 4 is 28.4 Å². The number of ether oxygens (including phenoxy) is 2. The number of nitrogen functional groups attached to an aromatic ring is 1. The minimum absolute atomic E-state index is 0.228. The molecule has 5 rings (SSSR count). The lowest BCUT2D eigenvalue weighted by atomic mass is 10.1. The second-order valence-electron chi connectivity index (χ2n) is 8.56. The molecule has 36 heavy (non-hydrogen) atoms. The fourth-order valence-corrected chi connectivity index (χ4v) is 4.51. The van der Waals surface area contributed by atoms with E-state index in [4.69, 9.17) is 20.3 Å². The summed E-state index contributed by atoms with van der Waals surface area (Å²) >= 11 is 0. The molecule has 0 saturated carbocycles. The summed E-state index contributed by atoms with van der Waals surface area (Å²) in [5.74, 6) is 1.35. The average Bonchev–Trinajstić information content (AvgIpc) is 3.31. The molecule has 10 nitrogen and oxygen atoms in total. The number of hydrogen-bond donors (Lipinski definition) is 3. The molecule has 0 unspecified atom stereocenters. The number of benzene rings is 2. The zero-order valence-electron chi connectivity index (χ0n) is 20.3. The first-order valence-electron chi connectivity index (χ1n) is 12.0. The summed E-state index contributed by atoms with van der Waals surface area (Å²) in [6.07, 6.45) is 3.39. The molecule has 0 atom stereocenters. The highest BCUT2D eigenvalue weighted by Gasteiger charge is 2.24. The number of carbonyl (C=O) groups is 1. The number of rotatable bonds is 7. The number of amides is 1. The Morgan fingerprint density at radius 1 is 1.17 bits per heavy atom. The lowest BCUT2D eigenvalue weighted by Gasteiger charge is -2.23. The molecule has 0 bridgehead atoms. The summed E-state index contributed by atoms with van der Waals surface area (Å²) in [7, 11) is 1.56. The Hall–Kier alpha value is -4.18. The Morgan fingerprint density at radius 3 is 2.67 bits per heavy atom. The molecular formula is C26H29N7O3.